The van der Waals surface area contributed by atoms with Gasteiger partial charge in [0, 0.05) is 12.6 Å². The molecule has 0 saturated heterocycles. The number of hydrogen-bond donors (Lipinski definition) is 2. The molecule has 2 rings (SSSR count). The summed E-state index contributed by atoms with van der Waals surface area (Å²) in [6, 6.07) is 19.3. The molecule has 0 radical (unpaired) electrons. The number of nitrogens with zero attached hydrogens (tertiary/aromatic N) is 1. The molecule has 0 saturated carbocycles. The molecule has 108 valence electrons. The first-order chi connectivity index (χ1) is 10.0. The van der Waals surface area contributed by atoms with Crippen LogP contribution in [-0.4, -0.2) is 11.7 Å². The summed E-state index contributed by atoms with van der Waals surface area (Å²) in [6.07, 6.45) is 0. The SMILES string of the molecule is C[C@@H](NC[C@](C)(O)c1ccccc1)c1ccc(C#N)cc1. The molecule has 2 aromatic rings. The fourth-order valence-corrected chi connectivity index (χ4v) is 2.22. The van der Waals surface area contributed by atoms with Gasteiger partial charge in [-0.15, -0.1) is 0 Å². The first kappa shape index (κ1) is 15.2. The number of benzene rings is 2. The van der Waals surface area contributed by atoms with E-state index in [4.69, 9.17) is 5.26 Å². The molecule has 0 aliphatic rings. The first-order valence-corrected chi connectivity index (χ1v) is 7.04. The molecule has 0 unspecified atom stereocenters. The van der Waals surface area contributed by atoms with Crippen molar-refractivity contribution in [3.63, 3.8) is 0 Å². The summed E-state index contributed by atoms with van der Waals surface area (Å²) in [6.45, 7) is 4.31. The number of aliphatic hydroxyl groups is 1. The van der Waals surface area contributed by atoms with E-state index in [0.29, 0.717) is 12.1 Å². The van der Waals surface area contributed by atoms with Gasteiger partial charge < -0.3 is 10.4 Å². The van der Waals surface area contributed by atoms with Crippen molar-refractivity contribution in [2.24, 2.45) is 0 Å². The summed E-state index contributed by atoms with van der Waals surface area (Å²) in [5, 5.41) is 22.7. The van der Waals surface area contributed by atoms with Gasteiger partial charge in [-0.05, 0) is 37.1 Å². The van der Waals surface area contributed by atoms with E-state index in [2.05, 4.69) is 11.4 Å². The molecule has 0 aromatic heterocycles. The molecule has 2 N–H and O–H groups in total. The van der Waals surface area contributed by atoms with Gasteiger partial charge in [-0.3, -0.25) is 0 Å². The summed E-state index contributed by atoms with van der Waals surface area (Å²) < 4.78 is 0. The predicted octanol–water partition coefficient (Wildman–Crippen LogP) is 3.12. The average molecular weight is 280 g/mol. The molecule has 2 aromatic carbocycles. The molecule has 0 fully saturated rings. The van der Waals surface area contributed by atoms with Crippen LogP contribution in [0.1, 0.15) is 36.6 Å². The monoisotopic (exact) mass is 280 g/mol. The second kappa shape index (κ2) is 6.53. The molecule has 2 atom stereocenters. The lowest BCUT2D eigenvalue weighted by molar-refractivity contribution is 0.0543. The highest BCUT2D eigenvalue weighted by molar-refractivity contribution is 5.32. The first-order valence-electron chi connectivity index (χ1n) is 7.04. The number of hydrogen-bond acceptors (Lipinski definition) is 3. The van der Waals surface area contributed by atoms with E-state index in [1.54, 1.807) is 6.92 Å². The van der Waals surface area contributed by atoms with Gasteiger partial charge in [-0.2, -0.15) is 5.26 Å². The van der Waals surface area contributed by atoms with E-state index in [-0.39, 0.29) is 6.04 Å². The van der Waals surface area contributed by atoms with Crippen LogP contribution in [0.5, 0.6) is 0 Å². The predicted molar refractivity (Wildman–Crippen MR) is 83.6 cm³/mol. The van der Waals surface area contributed by atoms with Gasteiger partial charge in [0.1, 0.15) is 0 Å². The molecule has 21 heavy (non-hydrogen) atoms. The van der Waals surface area contributed by atoms with Crippen LogP contribution in [-0.2, 0) is 5.60 Å². The quantitative estimate of drug-likeness (QED) is 0.884. The van der Waals surface area contributed by atoms with E-state index in [9.17, 15) is 5.11 Å². The Morgan fingerprint density at radius 3 is 2.33 bits per heavy atom. The van der Waals surface area contributed by atoms with E-state index in [1.807, 2.05) is 61.5 Å². The third kappa shape index (κ3) is 3.91. The molecule has 0 bridgehead atoms. The lowest BCUT2D eigenvalue weighted by atomic mass is 9.95. The Morgan fingerprint density at radius 1 is 1.14 bits per heavy atom. The number of rotatable bonds is 5. The Bertz CT molecular complexity index is 612. The zero-order valence-corrected chi connectivity index (χ0v) is 12.4. The maximum absolute atomic E-state index is 10.6. The Kier molecular flexibility index (Phi) is 4.74. The van der Waals surface area contributed by atoms with Crippen LogP contribution in [0, 0.1) is 11.3 Å². The normalized spacial score (nSPS) is 15.0. The summed E-state index contributed by atoms with van der Waals surface area (Å²) in [5.41, 5.74) is 1.73. The lowest BCUT2D eigenvalue weighted by Crippen LogP contribution is -2.36. The van der Waals surface area contributed by atoms with E-state index < -0.39 is 5.60 Å². The number of nitriles is 1. The van der Waals surface area contributed by atoms with Crippen LogP contribution in [0.15, 0.2) is 54.6 Å². The minimum atomic E-state index is -0.915. The smallest absolute Gasteiger partial charge is 0.0992 e. The van der Waals surface area contributed by atoms with Crippen molar-refractivity contribution in [3.05, 3.63) is 71.3 Å². The highest BCUT2D eigenvalue weighted by Gasteiger charge is 2.23. The second-order valence-corrected chi connectivity index (χ2v) is 5.48. The van der Waals surface area contributed by atoms with E-state index in [0.717, 1.165) is 11.1 Å². The van der Waals surface area contributed by atoms with Crippen molar-refractivity contribution in [2.45, 2.75) is 25.5 Å². The minimum Gasteiger partial charge on any atom is -0.384 e. The molecule has 0 amide bonds. The van der Waals surface area contributed by atoms with Gasteiger partial charge in [0.25, 0.3) is 0 Å². The lowest BCUT2D eigenvalue weighted by Gasteiger charge is -2.26. The number of nitrogens with one attached hydrogen (secondary N) is 1. The molecule has 3 heteroatoms. The van der Waals surface area contributed by atoms with Crippen molar-refractivity contribution in [2.75, 3.05) is 6.54 Å². The molecule has 0 heterocycles. The largest absolute Gasteiger partial charge is 0.384 e. The molecular weight excluding hydrogens is 260 g/mol. The second-order valence-electron chi connectivity index (χ2n) is 5.48. The average Bonchev–Trinajstić information content (AvgIpc) is 2.53. The summed E-state index contributed by atoms with van der Waals surface area (Å²) in [5.74, 6) is 0. The van der Waals surface area contributed by atoms with Crippen molar-refractivity contribution in [1.82, 2.24) is 5.32 Å². The van der Waals surface area contributed by atoms with Gasteiger partial charge in [0.15, 0.2) is 0 Å². The van der Waals surface area contributed by atoms with Crippen LogP contribution in [0.4, 0.5) is 0 Å². The minimum absolute atomic E-state index is 0.105. The Labute approximate surface area is 125 Å². The maximum atomic E-state index is 10.6. The zero-order valence-electron chi connectivity index (χ0n) is 12.4. The van der Waals surface area contributed by atoms with Crippen LogP contribution >= 0.6 is 0 Å². The van der Waals surface area contributed by atoms with Gasteiger partial charge in [-0.25, -0.2) is 0 Å². The van der Waals surface area contributed by atoms with E-state index in [1.165, 1.54) is 0 Å². The molecule has 0 spiro atoms. The van der Waals surface area contributed by atoms with Crippen molar-refractivity contribution >= 4 is 0 Å². The fraction of sp³-hybridized carbons (Fsp3) is 0.278. The van der Waals surface area contributed by atoms with Crippen LogP contribution in [0.2, 0.25) is 0 Å². The maximum Gasteiger partial charge on any atom is 0.0992 e. The van der Waals surface area contributed by atoms with Gasteiger partial charge in [-0.1, -0.05) is 42.5 Å². The standard InChI is InChI=1S/C18H20N2O/c1-14(16-10-8-15(12-19)9-11-16)20-13-18(2,21)17-6-4-3-5-7-17/h3-11,14,20-21H,13H2,1-2H3/t14-,18+/m1/s1. The summed E-state index contributed by atoms with van der Waals surface area (Å²) >= 11 is 0. The van der Waals surface area contributed by atoms with Gasteiger partial charge in [0.2, 0.25) is 0 Å². The third-order valence-electron chi connectivity index (χ3n) is 3.69. The Morgan fingerprint density at radius 2 is 1.76 bits per heavy atom. The Hall–Kier alpha value is -2.15. The highest BCUT2D eigenvalue weighted by atomic mass is 16.3. The fourth-order valence-electron chi connectivity index (χ4n) is 2.22. The topological polar surface area (TPSA) is 56.0 Å². The summed E-state index contributed by atoms with van der Waals surface area (Å²) in [4.78, 5) is 0. The van der Waals surface area contributed by atoms with Crippen LogP contribution < -0.4 is 5.32 Å². The van der Waals surface area contributed by atoms with Gasteiger partial charge in [0.05, 0.1) is 17.2 Å². The van der Waals surface area contributed by atoms with Crippen LogP contribution in [0.25, 0.3) is 0 Å². The van der Waals surface area contributed by atoms with Crippen molar-refractivity contribution in [1.29, 1.82) is 5.26 Å². The van der Waals surface area contributed by atoms with Crippen molar-refractivity contribution in [3.8, 4) is 6.07 Å². The molecular formula is C18H20N2O. The Balaban J connectivity index is 2.00. The van der Waals surface area contributed by atoms with E-state index >= 15 is 0 Å². The van der Waals surface area contributed by atoms with Gasteiger partial charge >= 0.3 is 0 Å². The highest BCUT2D eigenvalue weighted by Crippen LogP contribution is 2.21. The third-order valence-corrected chi connectivity index (χ3v) is 3.69. The molecule has 0 aliphatic heterocycles. The zero-order chi connectivity index (χ0) is 15.3. The molecule has 3 nitrogen and oxygen atoms in total. The molecule has 0 aliphatic carbocycles. The van der Waals surface area contributed by atoms with Crippen LogP contribution in [0.3, 0.4) is 0 Å². The summed E-state index contributed by atoms with van der Waals surface area (Å²) in [7, 11) is 0. The van der Waals surface area contributed by atoms with Crippen molar-refractivity contribution < 1.29 is 5.11 Å².